The lowest BCUT2D eigenvalue weighted by molar-refractivity contribution is -0.260. The van der Waals surface area contributed by atoms with E-state index in [9.17, 15) is 0 Å². The molecule has 106 valence electrons. The minimum atomic E-state index is -0.559. The van der Waals surface area contributed by atoms with Gasteiger partial charge in [-0.1, -0.05) is 12.1 Å². The van der Waals surface area contributed by atoms with Gasteiger partial charge in [-0.15, -0.1) is 0 Å². The van der Waals surface area contributed by atoms with E-state index < -0.39 is 5.79 Å². The van der Waals surface area contributed by atoms with Gasteiger partial charge in [-0.25, -0.2) is 0 Å². The standard InChI is InChI=1S/C15H23NO3/c1-3-17-13-7-5-12(6-8-13)14(16)11-15(2)18-9-4-10-19-15/h5-8,14H,3-4,9-11,16H2,1-2H3. The summed E-state index contributed by atoms with van der Waals surface area (Å²) in [5.74, 6) is 0.311. The van der Waals surface area contributed by atoms with Crippen LogP contribution >= 0.6 is 0 Å². The van der Waals surface area contributed by atoms with Crippen LogP contribution in [0.4, 0.5) is 0 Å². The summed E-state index contributed by atoms with van der Waals surface area (Å²) in [6.07, 6.45) is 1.61. The van der Waals surface area contributed by atoms with Crippen molar-refractivity contribution in [1.29, 1.82) is 0 Å². The number of benzene rings is 1. The Balaban J connectivity index is 1.96. The largest absolute Gasteiger partial charge is 0.494 e. The van der Waals surface area contributed by atoms with Crippen LogP contribution in [0.1, 0.15) is 38.3 Å². The molecule has 1 saturated heterocycles. The summed E-state index contributed by atoms with van der Waals surface area (Å²) in [7, 11) is 0. The summed E-state index contributed by atoms with van der Waals surface area (Å²) in [5.41, 5.74) is 7.31. The smallest absolute Gasteiger partial charge is 0.167 e. The first-order valence-electron chi connectivity index (χ1n) is 6.89. The van der Waals surface area contributed by atoms with Crippen LogP contribution in [0.25, 0.3) is 0 Å². The molecule has 0 aromatic heterocycles. The molecule has 2 rings (SSSR count). The Morgan fingerprint density at radius 2 is 1.89 bits per heavy atom. The molecular weight excluding hydrogens is 242 g/mol. The predicted molar refractivity (Wildman–Crippen MR) is 74.1 cm³/mol. The van der Waals surface area contributed by atoms with Gasteiger partial charge in [0.25, 0.3) is 0 Å². The summed E-state index contributed by atoms with van der Waals surface area (Å²) >= 11 is 0. The van der Waals surface area contributed by atoms with E-state index in [1.807, 2.05) is 38.1 Å². The monoisotopic (exact) mass is 265 g/mol. The Bertz CT molecular complexity index is 385. The lowest BCUT2D eigenvalue weighted by Crippen LogP contribution is -2.40. The average molecular weight is 265 g/mol. The van der Waals surface area contributed by atoms with Crippen LogP contribution in [0.2, 0.25) is 0 Å². The Kier molecular flexibility index (Phi) is 4.80. The summed E-state index contributed by atoms with van der Waals surface area (Å²) in [6.45, 7) is 6.09. The molecule has 0 spiro atoms. The fraction of sp³-hybridized carbons (Fsp3) is 0.600. The van der Waals surface area contributed by atoms with Gasteiger partial charge in [0.05, 0.1) is 19.8 Å². The molecule has 0 amide bonds. The second kappa shape index (κ2) is 6.37. The highest BCUT2D eigenvalue weighted by atomic mass is 16.7. The normalized spacial score (nSPS) is 19.9. The first-order chi connectivity index (χ1) is 9.13. The highest BCUT2D eigenvalue weighted by Gasteiger charge is 2.31. The summed E-state index contributed by atoms with van der Waals surface area (Å²) < 4.78 is 16.8. The fourth-order valence-corrected chi connectivity index (χ4v) is 2.29. The second-order valence-electron chi connectivity index (χ2n) is 5.00. The van der Waals surface area contributed by atoms with Gasteiger partial charge in [0.1, 0.15) is 5.75 Å². The van der Waals surface area contributed by atoms with Crippen molar-refractivity contribution in [2.45, 2.75) is 38.5 Å². The van der Waals surface area contributed by atoms with E-state index in [-0.39, 0.29) is 6.04 Å². The molecule has 0 aliphatic carbocycles. The molecular formula is C15H23NO3. The molecule has 4 nitrogen and oxygen atoms in total. The summed E-state index contributed by atoms with van der Waals surface area (Å²) in [5, 5.41) is 0. The number of nitrogens with two attached hydrogens (primary N) is 1. The molecule has 19 heavy (non-hydrogen) atoms. The van der Waals surface area contributed by atoms with E-state index >= 15 is 0 Å². The number of hydrogen-bond acceptors (Lipinski definition) is 4. The quantitative estimate of drug-likeness (QED) is 0.889. The zero-order chi connectivity index (χ0) is 13.7. The Hall–Kier alpha value is -1.10. The Morgan fingerprint density at radius 1 is 1.26 bits per heavy atom. The molecule has 0 saturated carbocycles. The van der Waals surface area contributed by atoms with Crippen molar-refractivity contribution >= 4 is 0 Å². The predicted octanol–water partition coefficient (Wildman–Crippen LogP) is 2.63. The topological polar surface area (TPSA) is 53.7 Å². The number of rotatable bonds is 5. The van der Waals surface area contributed by atoms with Crippen molar-refractivity contribution in [3.8, 4) is 5.75 Å². The molecule has 1 fully saturated rings. The Morgan fingerprint density at radius 3 is 2.47 bits per heavy atom. The highest BCUT2D eigenvalue weighted by molar-refractivity contribution is 5.29. The van der Waals surface area contributed by atoms with Crippen LogP contribution in [0, 0.1) is 0 Å². The molecule has 2 N–H and O–H groups in total. The van der Waals surface area contributed by atoms with Crippen molar-refractivity contribution in [2.24, 2.45) is 5.73 Å². The van der Waals surface area contributed by atoms with Gasteiger partial charge >= 0.3 is 0 Å². The number of ether oxygens (including phenoxy) is 3. The third kappa shape index (κ3) is 3.93. The molecule has 1 aromatic carbocycles. The maximum absolute atomic E-state index is 6.23. The lowest BCUT2D eigenvalue weighted by Gasteiger charge is -2.35. The van der Waals surface area contributed by atoms with Gasteiger partial charge in [-0.3, -0.25) is 0 Å². The molecule has 4 heteroatoms. The van der Waals surface area contributed by atoms with Crippen molar-refractivity contribution < 1.29 is 14.2 Å². The molecule has 1 unspecified atom stereocenters. The second-order valence-corrected chi connectivity index (χ2v) is 5.00. The maximum Gasteiger partial charge on any atom is 0.167 e. The Labute approximate surface area is 114 Å². The van der Waals surface area contributed by atoms with Crippen LogP contribution < -0.4 is 10.5 Å². The fourth-order valence-electron chi connectivity index (χ4n) is 2.29. The molecule has 1 aliphatic heterocycles. The molecule has 0 bridgehead atoms. The minimum absolute atomic E-state index is 0.0984. The van der Waals surface area contributed by atoms with Gasteiger partial charge < -0.3 is 19.9 Å². The minimum Gasteiger partial charge on any atom is -0.494 e. The van der Waals surface area contributed by atoms with Crippen LogP contribution in [0.5, 0.6) is 5.75 Å². The number of hydrogen-bond donors (Lipinski definition) is 1. The van der Waals surface area contributed by atoms with E-state index in [1.165, 1.54) is 0 Å². The molecule has 1 heterocycles. The van der Waals surface area contributed by atoms with E-state index in [2.05, 4.69) is 0 Å². The van der Waals surface area contributed by atoms with Crippen molar-refractivity contribution in [1.82, 2.24) is 0 Å². The maximum atomic E-state index is 6.23. The van der Waals surface area contributed by atoms with Gasteiger partial charge in [-0.05, 0) is 38.0 Å². The summed E-state index contributed by atoms with van der Waals surface area (Å²) in [4.78, 5) is 0. The lowest BCUT2D eigenvalue weighted by atomic mass is 9.99. The average Bonchev–Trinajstić information content (AvgIpc) is 2.40. The SMILES string of the molecule is CCOc1ccc(C(N)CC2(C)OCCCO2)cc1. The van der Waals surface area contributed by atoms with E-state index in [4.69, 9.17) is 19.9 Å². The van der Waals surface area contributed by atoms with Crippen LogP contribution in [-0.4, -0.2) is 25.6 Å². The van der Waals surface area contributed by atoms with Crippen LogP contribution in [0.3, 0.4) is 0 Å². The first-order valence-corrected chi connectivity index (χ1v) is 6.89. The first kappa shape index (κ1) is 14.3. The zero-order valence-corrected chi connectivity index (χ0v) is 11.7. The van der Waals surface area contributed by atoms with Gasteiger partial charge in [0.15, 0.2) is 5.79 Å². The third-order valence-corrected chi connectivity index (χ3v) is 3.31. The van der Waals surface area contributed by atoms with Gasteiger partial charge in [0, 0.05) is 12.5 Å². The summed E-state index contributed by atoms with van der Waals surface area (Å²) in [6, 6.07) is 7.80. The van der Waals surface area contributed by atoms with E-state index in [0.29, 0.717) is 13.0 Å². The highest BCUT2D eigenvalue weighted by Crippen LogP contribution is 2.29. The molecule has 0 radical (unpaired) electrons. The van der Waals surface area contributed by atoms with Crippen molar-refractivity contribution in [3.05, 3.63) is 29.8 Å². The van der Waals surface area contributed by atoms with Crippen molar-refractivity contribution in [3.63, 3.8) is 0 Å². The van der Waals surface area contributed by atoms with E-state index in [1.54, 1.807) is 0 Å². The van der Waals surface area contributed by atoms with Gasteiger partial charge in [-0.2, -0.15) is 0 Å². The van der Waals surface area contributed by atoms with Crippen LogP contribution in [-0.2, 0) is 9.47 Å². The van der Waals surface area contributed by atoms with Crippen molar-refractivity contribution in [2.75, 3.05) is 19.8 Å². The van der Waals surface area contributed by atoms with E-state index in [0.717, 1.165) is 30.9 Å². The molecule has 1 atom stereocenters. The zero-order valence-electron chi connectivity index (χ0n) is 11.7. The third-order valence-electron chi connectivity index (χ3n) is 3.31. The molecule has 1 aromatic rings. The van der Waals surface area contributed by atoms with Gasteiger partial charge in [0.2, 0.25) is 0 Å². The van der Waals surface area contributed by atoms with Crippen LogP contribution in [0.15, 0.2) is 24.3 Å². The molecule has 1 aliphatic rings.